The summed E-state index contributed by atoms with van der Waals surface area (Å²) >= 11 is 0. The molecule has 5 nitrogen and oxygen atoms in total. The molecule has 1 atom stereocenters. The van der Waals surface area contributed by atoms with E-state index in [2.05, 4.69) is 199 Å². The molecule has 4 heterocycles. The molecule has 3 aromatic heterocycles. The summed E-state index contributed by atoms with van der Waals surface area (Å²) in [5, 5.41) is 4.72. The van der Waals surface area contributed by atoms with Crippen molar-refractivity contribution in [2.75, 3.05) is 0 Å². The number of rotatable bonds is 5. The van der Waals surface area contributed by atoms with Crippen molar-refractivity contribution in [2.45, 2.75) is 5.41 Å². The number of aromatic nitrogens is 4. The first-order valence-corrected chi connectivity index (χ1v) is 23.5. The van der Waals surface area contributed by atoms with Gasteiger partial charge in [0, 0.05) is 38.2 Å². The van der Waals surface area contributed by atoms with Crippen LogP contribution in [0.2, 0.25) is 0 Å². The van der Waals surface area contributed by atoms with Gasteiger partial charge in [-0.15, -0.1) is 0 Å². The van der Waals surface area contributed by atoms with E-state index in [4.69, 9.17) is 19.4 Å². The van der Waals surface area contributed by atoms with E-state index >= 15 is 0 Å². The van der Waals surface area contributed by atoms with E-state index in [0.29, 0.717) is 17.5 Å². The van der Waals surface area contributed by atoms with E-state index in [9.17, 15) is 0 Å². The second kappa shape index (κ2) is 14.4. The van der Waals surface area contributed by atoms with Crippen LogP contribution >= 0.6 is 0 Å². The average molecular weight is 879 g/mol. The Kier molecular flexibility index (Phi) is 7.93. The predicted molar refractivity (Wildman–Crippen MR) is 279 cm³/mol. The third kappa shape index (κ3) is 5.38. The minimum absolute atomic E-state index is 0.620. The first-order valence-electron chi connectivity index (χ1n) is 23.5. The molecule has 1 spiro atoms. The lowest BCUT2D eigenvalue weighted by atomic mass is 9.65. The highest BCUT2D eigenvalue weighted by molar-refractivity contribution is 6.13. The van der Waals surface area contributed by atoms with Crippen molar-refractivity contribution >= 4 is 43.7 Å². The van der Waals surface area contributed by atoms with E-state index in [0.717, 1.165) is 72.0 Å². The normalized spacial score (nSPS) is 14.4. The molecule has 15 rings (SSSR count). The smallest absolute Gasteiger partial charge is 0.164 e. The third-order valence-electron chi connectivity index (χ3n) is 14.7. The van der Waals surface area contributed by atoms with Crippen LogP contribution in [0, 0.1) is 0 Å². The van der Waals surface area contributed by atoms with Gasteiger partial charge in [-0.05, 0) is 92.0 Å². The zero-order valence-electron chi connectivity index (χ0n) is 37.1. The van der Waals surface area contributed by atoms with Crippen molar-refractivity contribution in [3.05, 3.63) is 253 Å². The van der Waals surface area contributed by atoms with Crippen molar-refractivity contribution in [2.24, 2.45) is 0 Å². The minimum Gasteiger partial charge on any atom is -0.456 e. The lowest BCUT2D eigenvalue weighted by Crippen LogP contribution is -2.33. The molecule has 0 amide bonds. The second-order valence-electron chi connectivity index (χ2n) is 18.2. The molecule has 0 radical (unpaired) electrons. The summed E-state index contributed by atoms with van der Waals surface area (Å²) in [6.45, 7) is 0. The summed E-state index contributed by atoms with van der Waals surface area (Å²) in [6, 6.07) is 82.7. The Balaban J connectivity index is 1.02. The molecule has 0 saturated carbocycles. The minimum atomic E-state index is -0.673. The first-order chi connectivity index (χ1) is 34.2. The SMILES string of the molecule is c1ccc(-c2ccc(-c3nc(-c4ccccc4)nc(-c4cccc5c4-c4cc(-c6ccc7c(c6)oc6ccccc67)ccc4C54c5ccccc5-n5c6ccccc6c6cccc4c65)n3)cc2)cc1. The van der Waals surface area contributed by atoms with Crippen LogP contribution in [0.15, 0.2) is 235 Å². The molecule has 10 aromatic carbocycles. The van der Waals surface area contributed by atoms with E-state index in [1.54, 1.807) is 0 Å². The Hall–Kier alpha value is -9.19. The van der Waals surface area contributed by atoms with Gasteiger partial charge < -0.3 is 8.98 Å². The van der Waals surface area contributed by atoms with Crippen LogP contribution in [0.1, 0.15) is 22.3 Å². The van der Waals surface area contributed by atoms with E-state index < -0.39 is 5.41 Å². The van der Waals surface area contributed by atoms with Gasteiger partial charge in [0.25, 0.3) is 0 Å². The molecule has 0 fully saturated rings. The van der Waals surface area contributed by atoms with Gasteiger partial charge in [0.1, 0.15) is 11.2 Å². The van der Waals surface area contributed by atoms with Crippen molar-refractivity contribution in [3.8, 4) is 73.2 Å². The van der Waals surface area contributed by atoms with Crippen LogP contribution in [0.4, 0.5) is 0 Å². The molecule has 69 heavy (non-hydrogen) atoms. The fraction of sp³-hybridized carbons (Fsp3) is 0.0156. The average Bonchev–Trinajstić information content (AvgIpc) is 4.07. The Labute approximate surface area is 397 Å². The molecular formula is C64H38N4O. The molecule has 1 unspecified atom stereocenters. The molecule has 1 aliphatic carbocycles. The van der Waals surface area contributed by atoms with Crippen LogP contribution in [0.25, 0.3) is 117 Å². The Morgan fingerprint density at radius 2 is 0.899 bits per heavy atom. The molecule has 1 aliphatic heterocycles. The fourth-order valence-corrected chi connectivity index (χ4v) is 11.7. The van der Waals surface area contributed by atoms with E-state index in [1.807, 2.05) is 36.4 Å². The van der Waals surface area contributed by atoms with Gasteiger partial charge in [-0.1, -0.05) is 194 Å². The predicted octanol–water partition coefficient (Wildman–Crippen LogP) is 15.9. The van der Waals surface area contributed by atoms with Crippen molar-refractivity contribution in [1.82, 2.24) is 19.5 Å². The largest absolute Gasteiger partial charge is 0.456 e. The number of nitrogens with zero attached hydrogens (tertiary/aromatic N) is 4. The number of hydrogen-bond donors (Lipinski definition) is 0. The lowest BCUT2D eigenvalue weighted by molar-refractivity contribution is 0.669. The highest BCUT2D eigenvalue weighted by Crippen LogP contribution is 2.63. The maximum absolute atomic E-state index is 6.46. The summed E-state index contributed by atoms with van der Waals surface area (Å²) in [5.41, 5.74) is 19.2. The Morgan fingerprint density at radius 3 is 1.74 bits per heavy atom. The van der Waals surface area contributed by atoms with Crippen molar-refractivity contribution < 1.29 is 4.42 Å². The summed E-state index contributed by atoms with van der Waals surface area (Å²) in [6.07, 6.45) is 0. The van der Waals surface area contributed by atoms with Gasteiger partial charge in [-0.25, -0.2) is 15.0 Å². The molecule has 0 bridgehead atoms. The number of furan rings is 1. The Bertz CT molecular complexity index is 4250. The molecular weight excluding hydrogens is 841 g/mol. The van der Waals surface area contributed by atoms with Gasteiger partial charge >= 0.3 is 0 Å². The van der Waals surface area contributed by atoms with Gasteiger partial charge in [-0.3, -0.25) is 0 Å². The van der Waals surface area contributed by atoms with Gasteiger partial charge in [0.15, 0.2) is 17.5 Å². The summed E-state index contributed by atoms with van der Waals surface area (Å²) in [4.78, 5) is 16.0. The molecule has 5 heteroatoms. The monoisotopic (exact) mass is 878 g/mol. The standard InChI is InChI=1S/C64H38N4O/c1-3-15-39(16-4-1)40-29-31-42(32-30-40)62-65-61(41-17-5-2-6-18-41)66-63(67-62)49-22-14-24-53-59(49)50-37-43(44-33-35-47-46-20-8-12-28-57(46)69-58(47)38-44)34-36-51(50)64(53)52-23-9-11-27-56(52)68-55-26-10-7-19-45(55)48-21-13-25-54(64)60(48)68/h1-38H. The number of hydrogen-bond acceptors (Lipinski definition) is 4. The van der Waals surface area contributed by atoms with Crippen LogP contribution in [0.5, 0.6) is 0 Å². The van der Waals surface area contributed by atoms with Crippen molar-refractivity contribution in [1.29, 1.82) is 0 Å². The number of benzene rings is 10. The third-order valence-corrected chi connectivity index (χ3v) is 14.7. The van der Waals surface area contributed by atoms with E-state index in [1.165, 1.54) is 49.7 Å². The van der Waals surface area contributed by atoms with Crippen LogP contribution < -0.4 is 0 Å². The van der Waals surface area contributed by atoms with Crippen LogP contribution in [-0.4, -0.2) is 19.5 Å². The van der Waals surface area contributed by atoms with Crippen LogP contribution in [-0.2, 0) is 5.41 Å². The van der Waals surface area contributed by atoms with Gasteiger partial charge in [0.2, 0.25) is 0 Å². The zero-order valence-corrected chi connectivity index (χ0v) is 37.1. The fourth-order valence-electron chi connectivity index (χ4n) is 11.7. The molecule has 2 aliphatic rings. The number of para-hydroxylation sites is 4. The molecule has 320 valence electrons. The summed E-state index contributed by atoms with van der Waals surface area (Å²) in [5.74, 6) is 1.86. The maximum Gasteiger partial charge on any atom is 0.164 e. The summed E-state index contributed by atoms with van der Waals surface area (Å²) in [7, 11) is 0. The highest BCUT2D eigenvalue weighted by Gasteiger charge is 2.51. The first kappa shape index (κ1) is 38.0. The second-order valence-corrected chi connectivity index (χ2v) is 18.2. The zero-order chi connectivity index (χ0) is 45.2. The maximum atomic E-state index is 6.46. The Morgan fingerprint density at radius 1 is 0.333 bits per heavy atom. The summed E-state index contributed by atoms with van der Waals surface area (Å²) < 4.78 is 8.95. The molecule has 0 saturated heterocycles. The van der Waals surface area contributed by atoms with Crippen LogP contribution in [0.3, 0.4) is 0 Å². The topological polar surface area (TPSA) is 56.7 Å². The molecule has 0 N–H and O–H groups in total. The molecule has 13 aromatic rings. The number of fused-ring (bicyclic) bond motifs is 15. The van der Waals surface area contributed by atoms with E-state index in [-0.39, 0.29) is 0 Å². The highest BCUT2D eigenvalue weighted by atomic mass is 16.3. The van der Waals surface area contributed by atoms with Gasteiger partial charge in [-0.2, -0.15) is 0 Å². The lowest BCUT2D eigenvalue weighted by Gasteiger charge is -2.39. The van der Waals surface area contributed by atoms with Gasteiger partial charge in [0.05, 0.1) is 22.1 Å². The van der Waals surface area contributed by atoms with Crippen molar-refractivity contribution in [3.63, 3.8) is 0 Å². The quantitative estimate of drug-likeness (QED) is 0.173.